The molecule has 0 aliphatic carbocycles. The molecule has 0 aromatic heterocycles. The third kappa shape index (κ3) is 3.94. The van der Waals surface area contributed by atoms with Crippen LogP contribution >= 0.6 is 0 Å². The van der Waals surface area contributed by atoms with E-state index in [0.717, 1.165) is 12.8 Å². The van der Waals surface area contributed by atoms with Crippen LogP contribution in [0.25, 0.3) is 0 Å². The summed E-state index contributed by atoms with van der Waals surface area (Å²) in [6, 6.07) is 2.47. The topological polar surface area (TPSA) is 78.7 Å². The second-order valence-corrected chi connectivity index (χ2v) is 3.87. The van der Waals surface area contributed by atoms with Gasteiger partial charge >= 0.3 is 0 Å². The fourth-order valence-electron chi connectivity index (χ4n) is 1.54. The quantitative estimate of drug-likeness (QED) is 0.313. The molecule has 6 nitrogen and oxygen atoms in total. The van der Waals surface area contributed by atoms with Crippen LogP contribution in [0, 0.1) is 10.1 Å². The lowest BCUT2D eigenvalue weighted by molar-refractivity contribution is -0.385. The molecule has 0 N–H and O–H groups in total. The van der Waals surface area contributed by atoms with Gasteiger partial charge in [-0.25, -0.2) is 0 Å². The van der Waals surface area contributed by atoms with Crippen LogP contribution in [0.15, 0.2) is 12.1 Å². The number of carbonyl (C=O) groups is 1. The molecular formula is C13H17NO5. The molecule has 1 aromatic rings. The van der Waals surface area contributed by atoms with Crippen molar-refractivity contribution in [2.24, 2.45) is 0 Å². The number of carbonyl (C=O) groups excluding carboxylic acids is 1. The summed E-state index contributed by atoms with van der Waals surface area (Å²) >= 11 is 0. The molecule has 0 bridgehead atoms. The van der Waals surface area contributed by atoms with Gasteiger partial charge in [-0.3, -0.25) is 14.9 Å². The SMILES string of the molecule is CCCCOc1c(C=O)cc([N+](=O)[O-])cc1OCC. The third-order valence-electron chi connectivity index (χ3n) is 2.45. The summed E-state index contributed by atoms with van der Waals surface area (Å²) < 4.78 is 10.8. The van der Waals surface area contributed by atoms with E-state index >= 15 is 0 Å². The van der Waals surface area contributed by atoms with Crippen molar-refractivity contribution < 1.29 is 19.2 Å². The van der Waals surface area contributed by atoms with Crippen molar-refractivity contribution in [2.75, 3.05) is 13.2 Å². The summed E-state index contributed by atoms with van der Waals surface area (Å²) in [6.45, 7) is 4.55. The molecule has 6 heteroatoms. The van der Waals surface area contributed by atoms with Gasteiger partial charge in [0.15, 0.2) is 17.8 Å². The van der Waals surface area contributed by atoms with Gasteiger partial charge in [0.05, 0.1) is 29.8 Å². The Morgan fingerprint density at radius 2 is 2.05 bits per heavy atom. The number of benzene rings is 1. The monoisotopic (exact) mass is 267 g/mol. The summed E-state index contributed by atoms with van der Waals surface area (Å²) in [5.74, 6) is 0.505. The van der Waals surface area contributed by atoms with Gasteiger partial charge in [-0.15, -0.1) is 0 Å². The zero-order chi connectivity index (χ0) is 14.3. The minimum atomic E-state index is -0.564. The van der Waals surface area contributed by atoms with Crippen molar-refractivity contribution in [3.8, 4) is 11.5 Å². The average Bonchev–Trinajstić information content (AvgIpc) is 2.40. The Hall–Kier alpha value is -2.11. The van der Waals surface area contributed by atoms with Crippen molar-refractivity contribution in [3.05, 3.63) is 27.8 Å². The number of nitrogens with zero attached hydrogens (tertiary/aromatic N) is 1. The number of unbranched alkanes of at least 4 members (excludes halogenated alkanes) is 1. The summed E-state index contributed by atoms with van der Waals surface area (Å²) in [5.41, 5.74) is -0.0536. The molecule has 1 aromatic carbocycles. The van der Waals surface area contributed by atoms with E-state index in [1.807, 2.05) is 6.92 Å². The van der Waals surface area contributed by atoms with Crippen molar-refractivity contribution >= 4 is 12.0 Å². The molecule has 0 radical (unpaired) electrons. The highest BCUT2D eigenvalue weighted by Crippen LogP contribution is 2.35. The van der Waals surface area contributed by atoms with Gasteiger partial charge in [0.2, 0.25) is 0 Å². The molecule has 0 aliphatic rings. The Morgan fingerprint density at radius 1 is 1.32 bits per heavy atom. The molecule has 0 amide bonds. The van der Waals surface area contributed by atoms with Crippen LogP contribution < -0.4 is 9.47 Å². The molecule has 19 heavy (non-hydrogen) atoms. The number of nitro benzene ring substituents is 1. The molecule has 104 valence electrons. The van der Waals surface area contributed by atoms with Crippen LogP contribution in [0.3, 0.4) is 0 Å². The molecule has 0 saturated carbocycles. The maximum atomic E-state index is 11.0. The number of rotatable bonds is 8. The Balaban J connectivity index is 3.15. The van der Waals surface area contributed by atoms with E-state index in [2.05, 4.69) is 0 Å². The maximum absolute atomic E-state index is 11.0. The van der Waals surface area contributed by atoms with Crippen molar-refractivity contribution in [1.29, 1.82) is 0 Å². The Kier molecular flexibility index (Phi) is 5.78. The number of hydrogen-bond acceptors (Lipinski definition) is 5. The van der Waals surface area contributed by atoms with Gasteiger partial charge in [0.1, 0.15) is 0 Å². The highest BCUT2D eigenvalue weighted by molar-refractivity contribution is 5.83. The molecule has 0 spiro atoms. The third-order valence-corrected chi connectivity index (χ3v) is 2.45. The summed E-state index contributed by atoms with van der Waals surface area (Å²) in [5, 5.41) is 10.8. The first-order valence-electron chi connectivity index (χ1n) is 6.17. The second kappa shape index (κ2) is 7.35. The molecule has 0 saturated heterocycles. The molecule has 0 aliphatic heterocycles. The zero-order valence-corrected chi connectivity index (χ0v) is 11.0. The van der Waals surface area contributed by atoms with Gasteiger partial charge in [-0.2, -0.15) is 0 Å². The fraction of sp³-hybridized carbons (Fsp3) is 0.462. The van der Waals surface area contributed by atoms with E-state index in [1.165, 1.54) is 12.1 Å². The van der Waals surface area contributed by atoms with Crippen LogP contribution in [-0.4, -0.2) is 24.4 Å². The van der Waals surface area contributed by atoms with E-state index in [4.69, 9.17) is 9.47 Å². The summed E-state index contributed by atoms with van der Waals surface area (Å²) in [6.07, 6.45) is 2.32. The van der Waals surface area contributed by atoms with Crippen LogP contribution in [0.5, 0.6) is 11.5 Å². The molecule has 1 rings (SSSR count). The average molecular weight is 267 g/mol. The van der Waals surface area contributed by atoms with Crippen LogP contribution in [-0.2, 0) is 0 Å². The van der Waals surface area contributed by atoms with Gasteiger partial charge in [-0.1, -0.05) is 13.3 Å². The van der Waals surface area contributed by atoms with Crippen molar-refractivity contribution in [2.45, 2.75) is 26.7 Å². The molecule has 0 atom stereocenters. The van der Waals surface area contributed by atoms with Crippen molar-refractivity contribution in [3.63, 3.8) is 0 Å². The molecule has 0 unspecified atom stereocenters. The van der Waals surface area contributed by atoms with Gasteiger partial charge in [0.25, 0.3) is 5.69 Å². The normalized spacial score (nSPS) is 10.0. The Bertz CT molecular complexity index is 459. The Morgan fingerprint density at radius 3 is 2.58 bits per heavy atom. The van der Waals surface area contributed by atoms with E-state index < -0.39 is 4.92 Å². The predicted molar refractivity (Wildman–Crippen MR) is 70.1 cm³/mol. The van der Waals surface area contributed by atoms with E-state index in [1.54, 1.807) is 6.92 Å². The zero-order valence-electron chi connectivity index (χ0n) is 11.0. The highest BCUT2D eigenvalue weighted by atomic mass is 16.6. The Labute approximate surface area is 111 Å². The van der Waals surface area contributed by atoms with E-state index in [-0.39, 0.29) is 22.7 Å². The van der Waals surface area contributed by atoms with Crippen LogP contribution in [0.4, 0.5) is 5.69 Å². The first-order valence-corrected chi connectivity index (χ1v) is 6.17. The van der Waals surface area contributed by atoms with Crippen LogP contribution in [0.2, 0.25) is 0 Å². The van der Waals surface area contributed by atoms with Gasteiger partial charge in [-0.05, 0) is 13.3 Å². The highest BCUT2D eigenvalue weighted by Gasteiger charge is 2.18. The largest absolute Gasteiger partial charge is 0.490 e. The smallest absolute Gasteiger partial charge is 0.274 e. The maximum Gasteiger partial charge on any atom is 0.274 e. The fourth-order valence-corrected chi connectivity index (χ4v) is 1.54. The number of nitro groups is 1. The number of ether oxygens (including phenoxy) is 2. The van der Waals surface area contributed by atoms with Crippen LogP contribution in [0.1, 0.15) is 37.0 Å². The van der Waals surface area contributed by atoms with Gasteiger partial charge in [0, 0.05) is 6.07 Å². The van der Waals surface area contributed by atoms with Gasteiger partial charge < -0.3 is 9.47 Å². The molecule has 0 heterocycles. The number of hydrogen-bond donors (Lipinski definition) is 0. The first kappa shape index (κ1) is 14.9. The standard InChI is InChI=1S/C13H17NO5/c1-3-5-6-19-13-10(9-15)7-11(14(16)17)8-12(13)18-4-2/h7-9H,3-6H2,1-2H3. The number of non-ortho nitro benzene ring substituents is 1. The summed E-state index contributed by atoms with van der Waals surface area (Å²) in [4.78, 5) is 21.3. The lowest BCUT2D eigenvalue weighted by Gasteiger charge is -2.13. The van der Waals surface area contributed by atoms with Crippen molar-refractivity contribution in [1.82, 2.24) is 0 Å². The minimum Gasteiger partial charge on any atom is -0.490 e. The number of aldehydes is 1. The lowest BCUT2D eigenvalue weighted by Crippen LogP contribution is -2.04. The molecular weight excluding hydrogens is 250 g/mol. The second-order valence-electron chi connectivity index (χ2n) is 3.87. The molecule has 0 fully saturated rings. The van der Waals surface area contributed by atoms with E-state index in [9.17, 15) is 14.9 Å². The summed E-state index contributed by atoms with van der Waals surface area (Å²) in [7, 11) is 0. The first-order chi connectivity index (χ1) is 9.13. The lowest BCUT2D eigenvalue weighted by atomic mass is 10.1. The minimum absolute atomic E-state index is 0.133. The predicted octanol–water partition coefficient (Wildman–Crippen LogP) is 2.98. The van der Waals surface area contributed by atoms with E-state index in [0.29, 0.717) is 19.5 Å².